The first-order valence-electron chi connectivity index (χ1n) is 7.73. The SMILES string of the molecule is CCC1CN(c2cccc(C)c2)C(=O)C1c1cccc(F)c1. The summed E-state index contributed by atoms with van der Waals surface area (Å²) in [7, 11) is 0. The second-order valence-corrected chi connectivity index (χ2v) is 5.99. The highest BCUT2D eigenvalue weighted by Gasteiger charge is 2.40. The minimum atomic E-state index is -0.283. The van der Waals surface area contributed by atoms with E-state index in [4.69, 9.17) is 0 Å². The normalized spacial score (nSPS) is 21.4. The third-order valence-electron chi connectivity index (χ3n) is 4.47. The van der Waals surface area contributed by atoms with Crippen molar-refractivity contribution in [2.75, 3.05) is 11.4 Å². The van der Waals surface area contributed by atoms with E-state index in [0.29, 0.717) is 6.54 Å². The van der Waals surface area contributed by atoms with Gasteiger partial charge < -0.3 is 4.90 Å². The van der Waals surface area contributed by atoms with Crippen LogP contribution in [0.5, 0.6) is 0 Å². The molecule has 1 aliphatic rings. The van der Waals surface area contributed by atoms with Crippen molar-refractivity contribution in [3.05, 3.63) is 65.5 Å². The van der Waals surface area contributed by atoms with Gasteiger partial charge in [-0.2, -0.15) is 0 Å². The van der Waals surface area contributed by atoms with E-state index in [1.165, 1.54) is 12.1 Å². The molecule has 3 rings (SSSR count). The summed E-state index contributed by atoms with van der Waals surface area (Å²) in [5.41, 5.74) is 2.85. The van der Waals surface area contributed by atoms with E-state index < -0.39 is 0 Å². The number of anilines is 1. The Balaban J connectivity index is 1.96. The van der Waals surface area contributed by atoms with E-state index in [9.17, 15) is 9.18 Å². The minimum absolute atomic E-state index is 0.0723. The molecule has 22 heavy (non-hydrogen) atoms. The van der Waals surface area contributed by atoms with Crippen LogP contribution in [0.2, 0.25) is 0 Å². The number of carbonyl (C=O) groups is 1. The van der Waals surface area contributed by atoms with Crippen LogP contribution in [-0.4, -0.2) is 12.5 Å². The highest BCUT2D eigenvalue weighted by atomic mass is 19.1. The average molecular weight is 297 g/mol. The first-order chi connectivity index (χ1) is 10.6. The number of rotatable bonds is 3. The van der Waals surface area contributed by atoms with Gasteiger partial charge in [0.25, 0.3) is 0 Å². The summed E-state index contributed by atoms with van der Waals surface area (Å²) in [6, 6.07) is 14.4. The van der Waals surface area contributed by atoms with Crippen molar-refractivity contribution in [1.29, 1.82) is 0 Å². The van der Waals surface area contributed by atoms with Crippen molar-refractivity contribution in [1.82, 2.24) is 0 Å². The Bertz CT molecular complexity index is 697. The molecule has 0 N–H and O–H groups in total. The number of benzene rings is 2. The molecular weight excluding hydrogens is 277 g/mol. The molecule has 114 valence electrons. The van der Waals surface area contributed by atoms with Crippen molar-refractivity contribution in [3.63, 3.8) is 0 Å². The van der Waals surface area contributed by atoms with Crippen LogP contribution in [0.4, 0.5) is 10.1 Å². The Kier molecular flexibility index (Phi) is 3.97. The lowest BCUT2D eigenvalue weighted by atomic mass is 9.87. The second kappa shape index (κ2) is 5.91. The smallest absolute Gasteiger partial charge is 0.234 e. The zero-order valence-electron chi connectivity index (χ0n) is 12.9. The number of halogens is 1. The number of carbonyl (C=O) groups excluding carboxylic acids is 1. The van der Waals surface area contributed by atoms with Crippen LogP contribution < -0.4 is 4.90 Å². The van der Waals surface area contributed by atoms with Gasteiger partial charge in [0.1, 0.15) is 5.82 Å². The molecule has 2 aromatic rings. The molecule has 3 heteroatoms. The van der Waals surface area contributed by atoms with E-state index >= 15 is 0 Å². The van der Waals surface area contributed by atoms with Gasteiger partial charge in [0.15, 0.2) is 0 Å². The van der Waals surface area contributed by atoms with Crippen molar-refractivity contribution in [2.24, 2.45) is 5.92 Å². The molecule has 2 unspecified atom stereocenters. The molecule has 0 aliphatic carbocycles. The van der Waals surface area contributed by atoms with Gasteiger partial charge in [0.05, 0.1) is 5.92 Å². The first-order valence-corrected chi connectivity index (χ1v) is 7.73. The molecule has 1 saturated heterocycles. The Morgan fingerprint density at radius 3 is 2.64 bits per heavy atom. The molecule has 1 aliphatic heterocycles. The summed E-state index contributed by atoms with van der Waals surface area (Å²) in [6.45, 7) is 4.80. The van der Waals surface area contributed by atoms with E-state index in [2.05, 4.69) is 6.92 Å². The van der Waals surface area contributed by atoms with Crippen LogP contribution in [0.25, 0.3) is 0 Å². The van der Waals surface area contributed by atoms with Crippen LogP contribution in [0.3, 0.4) is 0 Å². The number of hydrogen-bond donors (Lipinski definition) is 0. The maximum absolute atomic E-state index is 13.5. The van der Waals surface area contributed by atoms with Crippen LogP contribution in [0, 0.1) is 18.7 Å². The van der Waals surface area contributed by atoms with Crippen LogP contribution in [-0.2, 0) is 4.79 Å². The van der Waals surface area contributed by atoms with Gasteiger partial charge >= 0.3 is 0 Å². The summed E-state index contributed by atoms with van der Waals surface area (Å²) >= 11 is 0. The lowest BCUT2D eigenvalue weighted by Crippen LogP contribution is -2.26. The zero-order chi connectivity index (χ0) is 15.7. The first kappa shape index (κ1) is 14.8. The van der Waals surface area contributed by atoms with Gasteiger partial charge in [-0.25, -0.2) is 4.39 Å². The lowest BCUT2D eigenvalue weighted by molar-refractivity contribution is -0.118. The van der Waals surface area contributed by atoms with Crippen molar-refractivity contribution >= 4 is 11.6 Å². The zero-order valence-corrected chi connectivity index (χ0v) is 12.9. The fraction of sp³-hybridized carbons (Fsp3) is 0.316. The van der Waals surface area contributed by atoms with E-state index in [-0.39, 0.29) is 23.6 Å². The highest BCUT2D eigenvalue weighted by Crippen LogP contribution is 2.38. The Morgan fingerprint density at radius 1 is 1.18 bits per heavy atom. The molecule has 2 aromatic carbocycles. The minimum Gasteiger partial charge on any atom is -0.312 e. The molecule has 1 fully saturated rings. The number of nitrogens with zero attached hydrogens (tertiary/aromatic N) is 1. The van der Waals surface area contributed by atoms with Crippen molar-refractivity contribution in [3.8, 4) is 0 Å². The highest BCUT2D eigenvalue weighted by molar-refractivity contribution is 6.00. The maximum atomic E-state index is 13.5. The van der Waals surface area contributed by atoms with Gasteiger partial charge in [-0.1, -0.05) is 37.6 Å². The Hall–Kier alpha value is -2.16. The van der Waals surface area contributed by atoms with Crippen molar-refractivity contribution in [2.45, 2.75) is 26.2 Å². The topological polar surface area (TPSA) is 20.3 Å². The van der Waals surface area contributed by atoms with E-state index in [1.807, 2.05) is 42.2 Å². The lowest BCUT2D eigenvalue weighted by Gasteiger charge is -2.17. The summed E-state index contributed by atoms with van der Waals surface area (Å²) in [5.74, 6) is -0.242. The molecule has 0 bridgehead atoms. The molecule has 1 amide bonds. The quantitative estimate of drug-likeness (QED) is 0.827. The third-order valence-corrected chi connectivity index (χ3v) is 4.47. The number of hydrogen-bond acceptors (Lipinski definition) is 1. The molecule has 0 radical (unpaired) electrons. The van der Waals surface area contributed by atoms with Gasteiger partial charge in [0.2, 0.25) is 5.91 Å². The molecule has 0 saturated carbocycles. The summed E-state index contributed by atoms with van der Waals surface area (Å²) in [4.78, 5) is 14.7. The Labute approximate surface area is 130 Å². The third kappa shape index (κ3) is 2.63. The average Bonchev–Trinajstić information content (AvgIpc) is 2.84. The van der Waals surface area contributed by atoms with Crippen molar-refractivity contribution < 1.29 is 9.18 Å². The van der Waals surface area contributed by atoms with Gasteiger partial charge in [0, 0.05) is 12.2 Å². The maximum Gasteiger partial charge on any atom is 0.234 e. The van der Waals surface area contributed by atoms with Gasteiger partial charge in [-0.15, -0.1) is 0 Å². The molecular formula is C19H20FNO. The number of amides is 1. The molecule has 0 aromatic heterocycles. The summed E-state index contributed by atoms with van der Waals surface area (Å²) in [6.07, 6.45) is 0.898. The van der Waals surface area contributed by atoms with Crippen LogP contribution in [0.1, 0.15) is 30.4 Å². The molecule has 2 nitrogen and oxygen atoms in total. The van der Waals surface area contributed by atoms with Crippen LogP contribution in [0.15, 0.2) is 48.5 Å². The van der Waals surface area contributed by atoms with Crippen LogP contribution >= 0.6 is 0 Å². The summed E-state index contributed by atoms with van der Waals surface area (Å²) in [5, 5.41) is 0. The Morgan fingerprint density at radius 2 is 1.95 bits per heavy atom. The molecule has 2 atom stereocenters. The monoisotopic (exact) mass is 297 g/mol. The molecule has 0 spiro atoms. The standard InChI is InChI=1S/C19H20FNO/c1-3-14-12-21(17-9-4-6-13(2)10-17)19(22)18(14)15-7-5-8-16(20)11-15/h4-11,14,18H,3,12H2,1-2H3. The number of aryl methyl sites for hydroxylation is 1. The molecule has 1 heterocycles. The van der Waals surface area contributed by atoms with Gasteiger partial charge in [-0.05, 0) is 48.2 Å². The summed E-state index contributed by atoms with van der Waals surface area (Å²) < 4.78 is 13.5. The second-order valence-electron chi connectivity index (χ2n) is 5.99. The fourth-order valence-electron chi connectivity index (χ4n) is 3.31. The van der Waals surface area contributed by atoms with E-state index in [0.717, 1.165) is 23.2 Å². The van der Waals surface area contributed by atoms with Gasteiger partial charge in [-0.3, -0.25) is 4.79 Å². The largest absolute Gasteiger partial charge is 0.312 e. The van der Waals surface area contributed by atoms with E-state index in [1.54, 1.807) is 6.07 Å². The predicted molar refractivity (Wildman–Crippen MR) is 86.5 cm³/mol. The fourth-order valence-corrected chi connectivity index (χ4v) is 3.31. The predicted octanol–water partition coefficient (Wildman–Crippen LogP) is 4.29.